The van der Waals surface area contributed by atoms with E-state index in [9.17, 15) is 23.3 Å². The minimum atomic E-state index is -4.77. The fourth-order valence-corrected chi connectivity index (χ4v) is 1.40. The van der Waals surface area contributed by atoms with Crippen LogP contribution in [0.5, 0.6) is 0 Å². The van der Waals surface area contributed by atoms with Crippen molar-refractivity contribution in [3.05, 3.63) is 46.3 Å². The molecule has 2 rings (SSSR count). The van der Waals surface area contributed by atoms with Gasteiger partial charge in [-0.05, 0) is 12.1 Å². The summed E-state index contributed by atoms with van der Waals surface area (Å²) >= 11 is 0. The van der Waals surface area contributed by atoms with Crippen molar-refractivity contribution in [2.45, 2.75) is 6.18 Å². The van der Waals surface area contributed by atoms with Crippen LogP contribution < -0.4 is 0 Å². The lowest BCUT2D eigenvalue weighted by molar-refractivity contribution is -0.385. The second-order valence-electron chi connectivity index (χ2n) is 3.45. The van der Waals surface area contributed by atoms with E-state index < -0.39 is 28.0 Å². The summed E-state index contributed by atoms with van der Waals surface area (Å²) in [6.07, 6.45) is -2.73. The van der Waals surface area contributed by atoms with E-state index in [1.165, 1.54) is 18.3 Å². The summed E-state index contributed by atoms with van der Waals surface area (Å²) in [5.41, 5.74) is -2.56. The molecule has 0 fully saturated rings. The predicted octanol–water partition coefficient (Wildman–Crippen LogP) is 2.47. The molecule has 2 heterocycles. The third kappa shape index (κ3) is 2.64. The van der Waals surface area contributed by atoms with Gasteiger partial charge in [0.1, 0.15) is 17.6 Å². The van der Waals surface area contributed by atoms with E-state index in [4.69, 9.17) is 0 Å². The van der Waals surface area contributed by atoms with E-state index in [0.717, 1.165) is 6.20 Å². The van der Waals surface area contributed by atoms with Gasteiger partial charge < -0.3 is 0 Å². The van der Waals surface area contributed by atoms with Crippen molar-refractivity contribution in [3.63, 3.8) is 0 Å². The first-order chi connectivity index (χ1) is 8.89. The molecule has 19 heavy (non-hydrogen) atoms. The quantitative estimate of drug-likeness (QED) is 0.618. The molecule has 0 radical (unpaired) electrons. The summed E-state index contributed by atoms with van der Waals surface area (Å²) in [6, 6.07) is 3.11. The molecule has 2 aromatic rings. The molecule has 0 spiro atoms. The predicted molar refractivity (Wildman–Crippen MR) is 56.9 cm³/mol. The Morgan fingerprint density at radius 2 is 2.05 bits per heavy atom. The number of hydrogen-bond acceptors (Lipinski definition) is 5. The first-order valence-electron chi connectivity index (χ1n) is 4.89. The first-order valence-corrected chi connectivity index (χ1v) is 4.89. The Morgan fingerprint density at radius 3 is 2.58 bits per heavy atom. The van der Waals surface area contributed by atoms with Crippen LogP contribution in [0, 0.1) is 10.1 Å². The minimum Gasteiger partial charge on any atom is -0.258 e. The van der Waals surface area contributed by atoms with Gasteiger partial charge in [0.05, 0.1) is 10.5 Å². The lowest BCUT2D eigenvalue weighted by Gasteiger charge is -2.10. The minimum absolute atomic E-state index is 0.107. The van der Waals surface area contributed by atoms with Crippen molar-refractivity contribution in [2.75, 3.05) is 0 Å². The molecular weight excluding hydrogens is 265 g/mol. The van der Waals surface area contributed by atoms with Crippen LogP contribution in [0.4, 0.5) is 18.9 Å². The fraction of sp³-hybridized carbons (Fsp3) is 0.100. The third-order valence-electron chi connectivity index (χ3n) is 2.20. The second kappa shape index (κ2) is 4.59. The molecule has 0 bridgehead atoms. The largest absolute Gasteiger partial charge is 0.418 e. The van der Waals surface area contributed by atoms with Crippen molar-refractivity contribution in [1.82, 2.24) is 15.2 Å². The summed E-state index contributed by atoms with van der Waals surface area (Å²) in [7, 11) is 0. The van der Waals surface area contributed by atoms with Crippen molar-refractivity contribution < 1.29 is 18.1 Å². The molecular formula is C10H5F3N4O2. The number of rotatable bonds is 2. The highest BCUT2D eigenvalue weighted by Gasteiger charge is 2.36. The first kappa shape index (κ1) is 12.9. The summed E-state index contributed by atoms with van der Waals surface area (Å²) in [5, 5.41) is 17.5. The number of nitro groups is 1. The van der Waals surface area contributed by atoms with E-state index >= 15 is 0 Å². The zero-order valence-corrected chi connectivity index (χ0v) is 9.13. The number of nitrogens with zero attached hydrogens (tertiary/aromatic N) is 4. The Labute approximate surface area is 104 Å². The van der Waals surface area contributed by atoms with Gasteiger partial charge in [-0.25, -0.2) is 4.98 Å². The molecule has 0 N–H and O–H groups in total. The van der Waals surface area contributed by atoms with Crippen LogP contribution in [0.1, 0.15) is 5.56 Å². The Hall–Kier alpha value is -2.58. The second-order valence-corrected chi connectivity index (χ2v) is 3.45. The Balaban J connectivity index is 2.65. The van der Waals surface area contributed by atoms with Crippen molar-refractivity contribution >= 4 is 5.69 Å². The van der Waals surface area contributed by atoms with Crippen LogP contribution in [-0.2, 0) is 6.18 Å². The van der Waals surface area contributed by atoms with Gasteiger partial charge in [0.15, 0.2) is 0 Å². The number of alkyl halides is 3. The normalized spacial score (nSPS) is 11.3. The molecule has 0 amide bonds. The SMILES string of the molecule is O=[N+]([O-])c1cnc(-c2cccnn2)c(C(F)(F)F)c1. The highest BCUT2D eigenvalue weighted by molar-refractivity contribution is 5.60. The summed E-state index contributed by atoms with van der Waals surface area (Å²) in [6.45, 7) is 0. The topological polar surface area (TPSA) is 81.8 Å². The van der Waals surface area contributed by atoms with Crippen LogP contribution in [0.2, 0.25) is 0 Å². The maximum absolute atomic E-state index is 12.9. The smallest absolute Gasteiger partial charge is 0.258 e. The Bertz CT molecular complexity index is 616. The monoisotopic (exact) mass is 270 g/mol. The third-order valence-corrected chi connectivity index (χ3v) is 2.20. The van der Waals surface area contributed by atoms with Gasteiger partial charge in [-0.15, -0.1) is 5.10 Å². The molecule has 0 unspecified atom stereocenters. The van der Waals surface area contributed by atoms with Gasteiger partial charge in [0.2, 0.25) is 0 Å². The Kier molecular flexibility index (Phi) is 3.11. The molecule has 0 aromatic carbocycles. The number of aromatic nitrogens is 3. The maximum Gasteiger partial charge on any atom is 0.418 e. The van der Waals surface area contributed by atoms with E-state index in [-0.39, 0.29) is 5.69 Å². The number of halogens is 3. The van der Waals surface area contributed by atoms with Gasteiger partial charge in [0, 0.05) is 12.3 Å². The van der Waals surface area contributed by atoms with Gasteiger partial charge >= 0.3 is 6.18 Å². The van der Waals surface area contributed by atoms with E-state index in [1.807, 2.05) is 0 Å². The maximum atomic E-state index is 12.9. The lowest BCUT2D eigenvalue weighted by Crippen LogP contribution is -2.10. The average Bonchev–Trinajstić information content (AvgIpc) is 2.38. The van der Waals surface area contributed by atoms with Crippen LogP contribution in [-0.4, -0.2) is 20.1 Å². The Morgan fingerprint density at radius 1 is 1.32 bits per heavy atom. The van der Waals surface area contributed by atoms with Crippen LogP contribution in [0.25, 0.3) is 11.4 Å². The average molecular weight is 270 g/mol. The molecule has 2 aromatic heterocycles. The van der Waals surface area contributed by atoms with Gasteiger partial charge in [-0.2, -0.15) is 18.3 Å². The zero-order chi connectivity index (χ0) is 14.0. The summed E-state index contributed by atoms with van der Waals surface area (Å²) in [4.78, 5) is 13.0. The zero-order valence-electron chi connectivity index (χ0n) is 9.13. The van der Waals surface area contributed by atoms with E-state index in [0.29, 0.717) is 6.07 Å². The molecule has 9 heteroatoms. The lowest BCUT2D eigenvalue weighted by atomic mass is 10.1. The van der Waals surface area contributed by atoms with E-state index in [2.05, 4.69) is 15.2 Å². The van der Waals surface area contributed by atoms with E-state index in [1.54, 1.807) is 0 Å². The summed E-state index contributed by atoms with van der Waals surface area (Å²) < 4.78 is 38.6. The van der Waals surface area contributed by atoms with Crippen LogP contribution in [0.3, 0.4) is 0 Å². The number of pyridine rings is 1. The van der Waals surface area contributed by atoms with Crippen LogP contribution in [0.15, 0.2) is 30.6 Å². The standard InChI is InChI=1S/C10H5F3N4O2/c11-10(12,13)7-4-6(17(18)19)5-14-9(7)8-2-1-3-15-16-8/h1-5H. The van der Waals surface area contributed by atoms with Gasteiger partial charge in [-0.3, -0.25) is 10.1 Å². The summed E-state index contributed by atoms with van der Waals surface area (Å²) in [5.74, 6) is 0. The molecule has 0 aliphatic heterocycles. The fourth-order valence-electron chi connectivity index (χ4n) is 1.40. The van der Waals surface area contributed by atoms with Crippen LogP contribution >= 0.6 is 0 Å². The number of hydrogen-bond donors (Lipinski definition) is 0. The molecule has 0 saturated heterocycles. The molecule has 98 valence electrons. The molecule has 0 saturated carbocycles. The highest BCUT2D eigenvalue weighted by Crippen LogP contribution is 2.36. The highest BCUT2D eigenvalue weighted by atomic mass is 19.4. The van der Waals surface area contributed by atoms with Crippen molar-refractivity contribution in [2.24, 2.45) is 0 Å². The van der Waals surface area contributed by atoms with Crippen molar-refractivity contribution in [1.29, 1.82) is 0 Å². The van der Waals surface area contributed by atoms with Gasteiger partial charge in [-0.1, -0.05) is 0 Å². The van der Waals surface area contributed by atoms with Gasteiger partial charge in [0.25, 0.3) is 5.69 Å². The van der Waals surface area contributed by atoms with Crippen molar-refractivity contribution in [3.8, 4) is 11.4 Å². The molecule has 6 nitrogen and oxygen atoms in total. The molecule has 0 aliphatic rings. The molecule has 0 atom stereocenters. The molecule has 0 aliphatic carbocycles.